The molecule has 9 heteroatoms. The minimum atomic E-state index is -4.84. The van der Waals surface area contributed by atoms with Gasteiger partial charge in [0, 0.05) is 5.69 Å². The van der Waals surface area contributed by atoms with Gasteiger partial charge in [-0.2, -0.15) is 0 Å². The van der Waals surface area contributed by atoms with Crippen LogP contribution in [0.25, 0.3) is 16.9 Å². The van der Waals surface area contributed by atoms with Crippen molar-refractivity contribution in [1.82, 2.24) is 9.55 Å². The van der Waals surface area contributed by atoms with Crippen molar-refractivity contribution in [1.29, 1.82) is 0 Å². The maximum absolute atomic E-state index is 14.0. The molecule has 0 aliphatic carbocycles. The summed E-state index contributed by atoms with van der Waals surface area (Å²) in [5.74, 6) is -4.09. The van der Waals surface area contributed by atoms with Gasteiger partial charge in [0.15, 0.2) is 11.6 Å². The zero-order chi connectivity index (χ0) is 18.2. The average Bonchev–Trinajstić information content (AvgIpc) is 3.00. The van der Waals surface area contributed by atoms with Gasteiger partial charge in [-0.3, -0.25) is 4.57 Å². The minimum Gasteiger partial charge on any atom is -0.406 e. The van der Waals surface area contributed by atoms with E-state index >= 15 is 0 Å². The first-order chi connectivity index (χ1) is 11.8. The van der Waals surface area contributed by atoms with Crippen molar-refractivity contribution in [2.24, 2.45) is 0 Å². The normalized spacial score (nSPS) is 11.6. The molecule has 0 N–H and O–H groups in total. The molecule has 3 aromatic rings. The van der Waals surface area contributed by atoms with Crippen LogP contribution in [0, 0.1) is 17.5 Å². The summed E-state index contributed by atoms with van der Waals surface area (Å²) in [6, 6.07) is 5.96. The average molecular weight is 358 g/mol. The molecule has 3 nitrogen and oxygen atoms in total. The number of aromatic nitrogens is 2. The predicted octanol–water partition coefficient (Wildman–Crippen LogP) is 4.86. The number of alkyl halides is 3. The van der Waals surface area contributed by atoms with E-state index in [4.69, 9.17) is 0 Å². The van der Waals surface area contributed by atoms with Crippen molar-refractivity contribution >= 4 is 0 Å². The Morgan fingerprint density at radius 2 is 1.52 bits per heavy atom. The molecule has 0 spiro atoms. The van der Waals surface area contributed by atoms with Crippen LogP contribution in [-0.4, -0.2) is 15.9 Å². The third-order valence-corrected chi connectivity index (χ3v) is 3.29. The first-order valence-electron chi connectivity index (χ1n) is 6.78. The van der Waals surface area contributed by atoms with Crippen LogP contribution in [-0.2, 0) is 0 Å². The largest absolute Gasteiger partial charge is 0.573 e. The summed E-state index contributed by atoms with van der Waals surface area (Å²) in [5, 5.41) is 0. The lowest BCUT2D eigenvalue weighted by molar-refractivity contribution is -0.274. The van der Waals surface area contributed by atoms with Crippen LogP contribution in [0.3, 0.4) is 0 Å². The summed E-state index contributed by atoms with van der Waals surface area (Å²) in [4.78, 5) is 3.76. The topological polar surface area (TPSA) is 27.1 Å². The monoisotopic (exact) mass is 358 g/mol. The Kier molecular flexibility index (Phi) is 4.15. The predicted molar refractivity (Wildman–Crippen MR) is 75.6 cm³/mol. The van der Waals surface area contributed by atoms with Gasteiger partial charge in [-0.25, -0.2) is 18.2 Å². The van der Waals surface area contributed by atoms with Crippen LogP contribution in [0.1, 0.15) is 0 Å². The Morgan fingerprint density at radius 1 is 0.880 bits per heavy atom. The number of benzene rings is 2. The molecule has 3 rings (SSSR count). The van der Waals surface area contributed by atoms with Crippen molar-refractivity contribution in [3.05, 3.63) is 66.4 Å². The highest BCUT2D eigenvalue weighted by molar-refractivity contribution is 5.63. The summed E-state index contributed by atoms with van der Waals surface area (Å²) in [5.41, 5.74) is -0.475. The lowest BCUT2D eigenvalue weighted by Gasteiger charge is -2.12. The summed E-state index contributed by atoms with van der Waals surface area (Å²) >= 11 is 0. The Balaban J connectivity index is 2.02. The maximum Gasteiger partial charge on any atom is 0.573 e. The molecule has 0 bridgehead atoms. The molecule has 0 aliphatic heterocycles. The van der Waals surface area contributed by atoms with E-state index in [1.165, 1.54) is 23.0 Å². The van der Waals surface area contributed by atoms with Crippen LogP contribution in [0.2, 0.25) is 0 Å². The lowest BCUT2D eigenvalue weighted by Crippen LogP contribution is -2.17. The first-order valence-corrected chi connectivity index (χ1v) is 6.78. The summed E-state index contributed by atoms with van der Waals surface area (Å²) < 4.78 is 82.8. The second-order valence-corrected chi connectivity index (χ2v) is 4.91. The van der Waals surface area contributed by atoms with Gasteiger partial charge in [0.25, 0.3) is 0 Å². The number of rotatable bonds is 3. The van der Waals surface area contributed by atoms with E-state index in [0.717, 1.165) is 24.4 Å². The minimum absolute atomic E-state index is 0.0982. The third-order valence-electron chi connectivity index (χ3n) is 3.29. The first kappa shape index (κ1) is 16.9. The molecular weight excluding hydrogens is 350 g/mol. The van der Waals surface area contributed by atoms with Crippen molar-refractivity contribution in [3.8, 4) is 22.7 Å². The lowest BCUT2D eigenvalue weighted by atomic mass is 10.1. The van der Waals surface area contributed by atoms with Crippen LogP contribution in [0.4, 0.5) is 26.3 Å². The van der Waals surface area contributed by atoms with Gasteiger partial charge in [0.05, 0.1) is 23.8 Å². The quantitative estimate of drug-likeness (QED) is 0.494. The number of imidazole rings is 1. The van der Waals surface area contributed by atoms with E-state index in [2.05, 4.69) is 9.72 Å². The van der Waals surface area contributed by atoms with Crippen molar-refractivity contribution in [2.75, 3.05) is 0 Å². The highest BCUT2D eigenvalue weighted by Gasteiger charge is 2.31. The van der Waals surface area contributed by atoms with Crippen LogP contribution < -0.4 is 4.74 Å². The number of halogens is 6. The van der Waals surface area contributed by atoms with Crippen LogP contribution in [0.5, 0.6) is 5.75 Å². The SMILES string of the molecule is Fc1ccc(F)c(-c2cncn2-c2ccc(OC(F)(F)F)cc2)c1F. The smallest absolute Gasteiger partial charge is 0.406 e. The number of ether oxygens (including phenoxy) is 1. The Hall–Kier alpha value is -2.97. The second-order valence-electron chi connectivity index (χ2n) is 4.91. The van der Waals surface area contributed by atoms with Crippen molar-refractivity contribution < 1.29 is 31.1 Å². The van der Waals surface area contributed by atoms with Gasteiger partial charge >= 0.3 is 6.36 Å². The Morgan fingerprint density at radius 3 is 2.16 bits per heavy atom. The van der Waals surface area contributed by atoms with E-state index in [1.54, 1.807) is 0 Å². The van der Waals surface area contributed by atoms with E-state index in [-0.39, 0.29) is 11.4 Å². The van der Waals surface area contributed by atoms with Gasteiger partial charge in [-0.15, -0.1) is 13.2 Å². The van der Waals surface area contributed by atoms with Crippen molar-refractivity contribution in [2.45, 2.75) is 6.36 Å². The van der Waals surface area contributed by atoms with Crippen LogP contribution >= 0.6 is 0 Å². The fourth-order valence-corrected chi connectivity index (χ4v) is 2.26. The van der Waals surface area contributed by atoms with E-state index < -0.39 is 35.1 Å². The second kappa shape index (κ2) is 6.15. The molecule has 0 saturated heterocycles. The van der Waals surface area contributed by atoms with E-state index in [0.29, 0.717) is 6.07 Å². The molecular formula is C16H8F6N2O. The van der Waals surface area contributed by atoms with Crippen molar-refractivity contribution in [3.63, 3.8) is 0 Å². The van der Waals surface area contributed by atoms with Gasteiger partial charge in [0.1, 0.15) is 11.6 Å². The highest BCUT2D eigenvalue weighted by Crippen LogP contribution is 2.30. The molecule has 1 aromatic heterocycles. The number of hydrogen-bond acceptors (Lipinski definition) is 2. The zero-order valence-corrected chi connectivity index (χ0v) is 12.2. The Bertz CT molecular complexity index is 902. The van der Waals surface area contributed by atoms with Crippen LogP contribution in [0.15, 0.2) is 48.9 Å². The summed E-state index contributed by atoms with van der Waals surface area (Å²) in [6.45, 7) is 0. The van der Waals surface area contributed by atoms with Gasteiger partial charge < -0.3 is 4.74 Å². The molecule has 0 saturated carbocycles. The molecule has 0 amide bonds. The molecule has 25 heavy (non-hydrogen) atoms. The van der Waals surface area contributed by atoms with Gasteiger partial charge in [0.2, 0.25) is 0 Å². The standard InChI is InChI=1S/C16H8F6N2O/c17-11-5-6-12(18)15(19)14(11)13-7-23-8-24(13)9-1-3-10(4-2-9)25-16(20,21)22/h1-8H. The zero-order valence-electron chi connectivity index (χ0n) is 12.2. The molecule has 1 heterocycles. The molecule has 130 valence electrons. The fourth-order valence-electron chi connectivity index (χ4n) is 2.26. The molecule has 0 unspecified atom stereocenters. The van der Waals surface area contributed by atoms with Gasteiger partial charge in [-0.05, 0) is 36.4 Å². The van der Waals surface area contributed by atoms with Gasteiger partial charge in [-0.1, -0.05) is 0 Å². The number of nitrogens with zero attached hydrogens (tertiary/aromatic N) is 2. The maximum atomic E-state index is 14.0. The van der Waals surface area contributed by atoms with E-state index in [9.17, 15) is 26.3 Å². The summed E-state index contributed by atoms with van der Waals surface area (Å²) in [7, 11) is 0. The molecule has 0 atom stereocenters. The molecule has 0 fully saturated rings. The third kappa shape index (κ3) is 3.44. The highest BCUT2D eigenvalue weighted by atomic mass is 19.4. The number of hydrogen-bond donors (Lipinski definition) is 0. The Labute approximate surface area is 137 Å². The summed E-state index contributed by atoms with van der Waals surface area (Å²) in [6.07, 6.45) is -2.53. The van der Waals surface area contributed by atoms with E-state index in [1.807, 2.05) is 0 Å². The fraction of sp³-hybridized carbons (Fsp3) is 0.0625. The molecule has 0 aliphatic rings. The molecule has 0 radical (unpaired) electrons. The molecule has 2 aromatic carbocycles.